The van der Waals surface area contributed by atoms with Gasteiger partial charge in [0.05, 0.1) is 0 Å². The van der Waals surface area contributed by atoms with Crippen LogP contribution in [0.1, 0.15) is 0 Å². The van der Waals surface area contributed by atoms with Crippen LogP contribution < -0.4 is 18.9 Å². The van der Waals surface area contributed by atoms with Crippen LogP contribution in [0.2, 0.25) is 0 Å². The van der Waals surface area contributed by atoms with Crippen LogP contribution in [0.3, 0.4) is 0 Å². The van der Waals surface area contributed by atoms with Crippen molar-refractivity contribution in [2.45, 2.75) is 0 Å². The molecular formula is C28H20O8. The Hall–Kier alpha value is -5.24. The Labute approximate surface area is 206 Å². The smallest absolute Gasteiger partial charge is 0.335 e. The Balaban J connectivity index is 2.21. The number of esters is 4. The van der Waals surface area contributed by atoms with Crippen LogP contribution in [0.5, 0.6) is 23.0 Å². The minimum Gasteiger partial charge on any atom is -0.419 e. The molecule has 3 aromatic carbocycles. The molecule has 3 rings (SSSR count). The lowest BCUT2D eigenvalue weighted by Gasteiger charge is -2.15. The highest BCUT2D eigenvalue weighted by atomic mass is 16.6. The molecule has 8 heteroatoms. The van der Waals surface area contributed by atoms with E-state index in [1.54, 1.807) is 30.3 Å². The Kier molecular flexibility index (Phi) is 7.94. The maximum absolute atomic E-state index is 12.0. The molecule has 0 saturated heterocycles. The van der Waals surface area contributed by atoms with Crippen LogP contribution in [0, 0.1) is 0 Å². The number of fused-ring (bicyclic) bond motifs is 1. The number of hydrogen-bond acceptors (Lipinski definition) is 8. The summed E-state index contributed by atoms with van der Waals surface area (Å²) in [7, 11) is 0. The lowest BCUT2D eigenvalue weighted by atomic mass is 9.97. The number of benzene rings is 3. The van der Waals surface area contributed by atoms with Crippen molar-refractivity contribution in [1.82, 2.24) is 0 Å². The average Bonchev–Trinajstić information content (AvgIpc) is 2.89. The van der Waals surface area contributed by atoms with Crippen molar-refractivity contribution in [2.24, 2.45) is 0 Å². The van der Waals surface area contributed by atoms with Crippen molar-refractivity contribution in [3.8, 4) is 34.1 Å². The summed E-state index contributed by atoms with van der Waals surface area (Å²) in [4.78, 5) is 47.4. The fourth-order valence-electron chi connectivity index (χ4n) is 3.18. The summed E-state index contributed by atoms with van der Waals surface area (Å²) >= 11 is 0. The van der Waals surface area contributed by atoms with E-state index in [9.17, 15) is 19.2 Å². The number of carbonyl (C=O) groups excluding carboxylic acids is 4. The highest BCUT2D eigenvalue weighted by Gasteiger charge is 2.19. The highest BCUT2D eigenvalue weighted by molar-refractivity contribution is 6.03. The standard InChI is InChI=1S/C28H20O8/c1-5-24(29)33-21-14-12-17(16-23(21)35-26(31)7-3)18-10-9-11-20-19(18)13-15-22(34-25(30)6-2)28(20)36-27(32)8-4/h5-16H,1-4H2. The van der Waals surface area contributed by atoms with Crippen LogP contribution in [-0.4, -0.2) is 23.9 Å². The van der Waals surface area contributed by atoms with Gasteiger partial charge >= 0.3 is 23.9 Å². The first-order valence-electron chi connectivity index (χ1n) is 10.4. The van der Waals surface area contributed by atoms with E-state index in [1.165, 1.54) is 18.2 Å². The molecule has 8 nitrogen and oxygen atoms in total. The van der Waals surface area contributed by atoms with E-state index in [0.29, 0.717) is 21.9 Å². The number of carbonyl (C=O) groups is 4. The summed E-state index contributed by atoms with van der Waals surface area (Å²) in [5.74, 6) is -3.00. The Morgan fingerprint density at radius 1 is 0.556 bits per heavy atom. The van der Waals surface area contributed by atoms with Crippen molar-refractivity contribution in [2.75, 3.05) is 0 Å². The van der Waals surface area contributed by atoms with Gasteiger partial charge in [0.25, 0.3) is 0 Å². The zero-order chi connectivity index (χ0) is 26.2. The Morgan fingerprint density at radius 2 is 1.08 bits per heavy atom. The zero-order valence-electron chi connectivity index (χ0n) is 19.0. The molecular weight excluding hydrogens is 464 g/mol. The molecule has 0 amide bonds. The Morgan fingerprint density at radius 3 is 1.69 bits per heavy atom. The van der Waals surface area contributed by atoms with Gasteiger partial charge in [0.2, 0.25) is 0 Å². The second-order valence-corrected chi connectivity index (χ2v) is 6.96. The van der Waals surface area contributed by atoms with Crippen molar-refractivity contribution in [1.29, 1.82) is 0 Å². The van der Waals surface area contributed by atoms with Gasteiger partial charge in [-0.2, -0.15) is 0 Å². The van der Waals surface area contributed by atoms with Gasteiger partial charge in [-0.1, -0.05) is 50.6 Å². The molecule has 3 aromatic rings. The van der Waals surface area contributed by atoms with Gasteiger partial charge in [0, 0.05) is 29.7 Å². The van der Waals surface area contributed by atoms with Crippen molar-refractivity contribution in [3.05, 3.63) is 99.2 Å². The monoisotopic (exact) mass is 484 g/mol. The van der Waals surface area contributed by atoms with E-state index in [2.05, 4.69) is 26.3 Å². The molecule has 0 heterocycles. The van der Waals surface area contributed by atoms with Crippen LogP contribution >= 0.6 is 0 Å². The fraction of sp³-hybridized carbons (Fsp3) is 0. The molecule has 0 atom stereocenters. The first-order chi connectivity index (χ1) is 17.3. The van der Waals surface area contributed by atoms with E-state index in [-0.39, 0.29) is 23.0 Å². The first kappa shape index (κ1) is 25.4. The van der Waals surface area contributed by atoms with Crippen LogP contribution in [0.4, 0.5) is 0 Å². The third-order valence-corrected chi connectivity index (χ3v) is 4.73. The summed E-state index contributed by atoms with van der Waals surface area (Å²) in [6.07, 6.45) is 3.90. The number of ether oxygens (including phenoxy) is 4. The van der Waals surface area contributed by atoms with E-state index in [1.807, 2.05) is 0 Å². The van der Waals surface area contributed by atoms with Crippen molar-refractivity contribution in [3.63, 3.8) is 0 Å². The molecule has 0 aliphatic heterocycles. The summed E-state index contributed by atoms with van der Waals surface area (Å²) in [5, 5.41) is 1.06. The quantitative estimate of drug-likeness (QED) is 0.241. The molecule has 0 radical (unpaired) electrons. The lowest BCUT2D eigenvalue weighted by molar-refractivity contribution is -0.131. The normalized spacial score (nSPS) is 10.0. The SMILES string of the molecule is C=CC(=O)Oc1ccc(-c2cccc3c(OC(=O)C=C)c(OC(=O)C=C)ccc23)cc1OC(=O)C=C. The van der Waals surface area contributed by atoms with Crippen LogP contribution in [0.25, 0.3) is 21.9 Å². The topological polar surface area (TPSA) is 105 Å². The number of rotatable bonds is 9. The van der Waals surface area contributed by atoms with Gasteiger partial charge in [0.15, 0.2) is 23.0 Å². The van der Waals surface area contributed by atoms with E-state index >= 15 is 0 Å². The molecule has 0 unspecified atom stereocenters. The van der Waals surface area contributed by atoms with Gasteiger partial charge < -0.3 is 18.9 Å². The van der Waals surface area contributed by atoms with Gasteiger partial charge in [-0.05, 0) is 40.8 Å². The van der Waals surface area contributed by atoms with E-state index in [4.69, 9.17) is 18.9 Å². The molecule has 0 spiro atoms. The third kappa shape index (κ3) is 5.63. The molecule has 0 bridgehead atoms. The van der Waals surface area contributed by atoms with Crippen molar-refractivity contribution >= 4 is 34.6 Å². The molecule has 36 heavy (non-hydrogen) atoms. The van der Waals surface area contributed by atoms with Gasteiger partial charge in [-0.15, -0.1) is 0 Å². The van der Waals surface area contributed by atoms with Crippen molar-refractivity contribution < 1.29 is 38.1 Å². The van der Waals surface area contributed by atoms with Crippen LogP contribution in [0.15, 0.2) is 99.2 Å². The summed E-state index contributed by atoms with van der Waals surface area (Å²) in [6.45, 7) is 13.5. The van der Waals surface area contributed by atoms with Crippen LogP contribution in [-0.2, 0) is 19.2 Å². The molecule has 0 aliphatic rings. The predicted octanol–water partition coefficient (Wildman–Crippen LogP) is 4.87. The predicted molar refractivity (Wildman–Crippen MR) is 133 cm³/mol. The lowest BCUT2D eigenvalue weighted by Crippen LogP contribution is -2.09. The van der Waals surface area contributed by atoms with E-state index < -0.39 is 23.9 Å². The molecule has 0 aliphatic carbocycles. The zero-order valence-corrected chi connectivity index (χ0v) is 19.0. The minimum atomic E-state index is -0.756. The summed E-state index contributed by atoms with van der Waals surface area (Å²) in [5.41, 5.74) is 1.21. The first-order valence-corrected chi connectivity index (χ1v) is 10.4. The number of hydrogen-bond donors (Lipinski definition) is 0. The minimum absolute atomic E-state index is 0.00156. The molecule has 0 aromatic heterocycles. The molecule has 0 fully saturated rings. The molecule has 0 N–H and O–H groups in total. The summed E-state index contributed by atoms with van der Waals surface area (Å²) < 4.78 is 21.1. The maximum atomic E-state index is 12.0. The highest BCUT2D eigenvalue weighted by Crippen LogP contribution is 2.42. The largest absolute Gasteiger partial charge is 0.419 e. The third-order valence-electron chi connectivity index (χ3n) is 4.73. The van der Waals surface area contributed by atoms with Gasteiger partial charge in [-0.25, -0.2) is 19.2 Å². The average molecular weight is 484 g/mol. The van der Waals surface area contributed by atoms with Gasteiger partial charge in [0.1, 0.15) is 0 Å². The van der Waals surface area contributed by atoms with E-state index in [0.717, 1.165) is 24.3 Å². The maximum Gasteiger partial charge on any atom is 0.335 e. The molecule has 180 valence electrons. The second-order valence-electron chi connectivity index (χ2n) is 6.96. The van der Waals surface area contributed by atoms with Gasteiger partial charge in [-0.3, -0.25) is 0 Å². The Bertz CT molecular complexity index is 1430. The fourth-order valence-corrected chi connectivity index (χ4v) is 3.18. The summed E-state index contributed by atoms with van der Waals surface area (Å²) in [6, 6.07) is 12.9. The molecule has 0 saturated carbocycles. The second kappa shape index (κ2) is 11.3.